The number of aliphatic hydroxyl groups is 1. The number of hydrogen-bond donors (Lipinski definition) is 1. The van der Waals surface area contributed by atoms with Crippen LogP contribution in [0.25, 0.3) is 0 Å². The number of nitrogens with zero attached hydrogens (tertiary/aromatic N) is 1. The topological polar surface area (TPSA) is 57.6 Å². The maximum atomic E-state index is 12.6. The van der Waals surface area contributed by atoms with E-state index in [9.17, 15) is 13.5 Å². The average molecular weight is 332 g/mol. The van der Waals surface area contributed by atoms with Gasteiger partial charge in [-0.1, -0.05) is 35.9 Å². The summed E-state index contributed by atoms with van der Waals surface area (Å²) in [7, 11) is -3.66. The smallest absolute Gasteiger partial charge is 0.243 e. The number of halogens is 1. The van der Waals surface area contributed by atoms with E-state index in [4.69, 9.17) is 11.6 Å². The zero-order chi connectivity index (χ0) is 16.3. The van der Waals surface area contributed by atoms with Crippen LogP contribution < -0.4 is 0 Å². The number of benzene rings is 1. The first-order valence-electron chi connectivity index (χ1n) is 6.65. The van der Waals surface area contributed by atoms with Gasteiger partial charge in [-0.2, -0.15) is 4.31 Å². The van der Waals surface area contributed by atoms with Crippen LogP contribution in [0.2, 0.25) is 0 Å². The van der Waals surface area contributed by atoms with Crippen molar-refractivity contribution in [2.75, 3.05) is 13.1 Å². The zero-order valence-corrected chi connectivity index (χ0v) is 14.2. The lowest BCUT2D eigenvalue weighted by Gasteiger charge is -2.25. The monoisotopic (exact) mass is 331 g/mol. The van der Waals surface area contributed by atoms with Crippen LogP contribution in [0, 0.1) is 6.92 Å². The molecule has 0 aromatic heterocycles. The molecule has 0 spiro atoms. The highest BCUT2D eigenvalue weighted by Gasteiger charge is 2.26. The van der Waals surface area contributed by atoms with Crippen LogP contribution in [0.15, 0.2) is 40.8 Å². The normalized spacial score (nSPS) is 12.7. The van der Waals surface area contributed by atoms with Gasteiger partial charge in [0.05, 0.1) is 10.5 Å². The van der Waals surface area contributed by atoms with Gasteiger partial charge in [0.15, 0.2) is 0 Å². The number of aryl methyl sites for hydroxylation is 1. The largest absolute Gasteiger partial charge is 0.390 e. The molecule has 0 saturated heterocycles. The first-order chi connectivity index (χ1) is 9.52. The predicted octanol–water partition coefficient (Wildman–Crippen LogP) is 2.90. The van der Waals surface area contributed by atoms with E-state index < -0.39 is 15.6 Å². The lowest BCUT2D eigenvalue weighted by molar-refractivity contribution is 0.0662. The van der Waals surface area contributed by atoms with Gasteiger partial charge in [0.1, 0.15) is 0 Å². The summed E-state index contributed by atoms with van der Waals surface area (Å²) >= 11 is 5.78. The van der Waals surface area contributed by atoms with Gasteiger partial charge in [-0.25, -0.2) is 8.42 Å². The summed E-state index contributed by atoms with van der Waals surface area (Å²) < 4.78 is 26.5. The zero-order valence-electron chi connectivity index (χ0n) is 12.6. The minimum absolute atomic E-state index is 0.0217. The Morgan fingerprint density at radius 1 is 1.33 bits per heavy atom. The lowest BCUT2D eigenvalue weighted by atomic mass is 10.1. The van der Waals surface area contributed by atoms with Crippen LogP contribution in [0.3, 0.4) is 0 Å². The highest BCUT2D eigenvalue weighted by atomic mass is 35.5. The van der Waals surface area contributed by atoms with E-state index in [1.165, 1.54) is 4.31 Å². The van der Waals surface area contributed by atoms with Crippen molar-refractivity contribution in [3.63, 3.8) is 0 Å². The number of rotatable bonds is 7. The van der Waals surface area contributed by atoms with Crippen molar-refractivity contribution in [3.05, 3.63) is 41.4 Å². The lowest BCUT2D eigenvalue weighted by Crippen LogP contribution is -2.36. The Morgan fingerprint density at radius 3 is 2.29 bits per heavy atom. The van der Waals surface area contributed by atoms with Gasteiger partial charge in [-0.3, -0.25) is 0 Å². The van der Waals surface area contributed by atoms with Gasteiger partial charge in [-0.15, -0.1) is 0 Å². The maximum Gasteiger partial charge on any atom is 0.243 e. The first-order valence-corrected chi connectivity index (χ1v) is 8.47. The minimum atomic E-state index is -3.66. The second kappa shape index (κ2) is 6.92. The Bertz CT molecular complexity index is 588. The summed E-state index contributed by atoms with van der Waals surface area (Å²) in [4.78, 5) is 0.210. The van der Waals surface area contributed by atoms with Crippen LogP contribution >= 0.6 is 11.6 Å². The quantitative estimate of drug-likeness (QED) is 0.835. The van der Waals surface area contributed by atoms with Crippen molar-refractivity contribution >= 4 is 21.6 Å². The van der Waals surface area contributed by atoms with E-state index in [-0.39, 0.29) is 23.0 Å². The number of sulfonamides is 1. The predicted molar refractivity (Wildman–Crippen MR) is 85.8 cm³/mol. The van der Waals surface area contributed by atoms with E-state index in [0.29, 0.717) is 6.42 Å². The molecule has 1 rings (SSSR count). The molecule has 1 aromatic carbocycles. The summed E-state index contributed by atoms with van der Waals surface area (Å²) in [5.74, 6) is 0. The van der Waals surface area contributed by atoms with Gasteiger partial charge in [-0.05, 0) is 39.3 Å². The second-order valence-corrected chi connectivity index (χ2v) is 8.20. The van der Waals surface area contributed by atoms with Gasteiger partial charge < -0.3 is 5.11 Å². The molecule has 0 aliphatic rings. The van der Waals surface area contributed by atoms with Crippen molar-refractivity contribution in [2.24, 2.45) is 0 Å². The molecule has 0 aliphatic heterocycles. The Labute approximate surface area is 132 Å². The van der Waals surface area contributed by atoms with Gasteiger partial charge in [0, 0.05) is 18.1 Å². The third-order valence-electron chi connectivity index (χ3n) is 2.98. The summed E-state index contributed by atoms with van der Waals surface area (Å²) in [6, 6.07) is 6.63. The van der Waals surface area contributed by atoms with Crippen LogP contribution in [0.4, 0.5) is 0 Å². The Balaban J connectivity index is 3.05. The highest BCUT2D eigenvalue weighted by molar-refractivity contribution is 7.89. The molecule has 0 aliphatic carbocycles. The molecule has 0 fully saturated rings. The molecule has 0 atom stereocenters. The third kappa shape index (κ3) is 5.79. The highest BCUT2D eigenvalue weighted by Crippen LogP contribution is 2.20. The Hall–Kier alpha value is -0.880. The fraction of sp³-hybridized carbons (Fsp3) is 0.467. The molecule has 21 heavy (non-hydrogen) atoms. The van der Waals surface area contributed by atoms with E-state index in [2.05, 4.69) is 6.58 Å². The molecule has 0 unspecified atom stereocenters. The molecular formula is C15H22ClNO3S. The molecule has 6 heteroatoms. The molecule has 4 nitrogen and oxygen atoms in total. The maximum absolute atomic E-state index is 12.6. The second-order valence-electron chi connectivity index (χ2n) is 5.73. The summed E-state index contributed by atoms with van der Waals surface area (Å²) in [5, 5.41) is 10.0. The van der Waals surface area contributed by atoms with Crippen LogP contribution in [-0.2, 0) is 10.0 Å². The van der Waals surface area contributed by atoms with Crippen LogP contribution in [-0.4, -0.2) is 36.5 Å². The fourth-order valence-electron chi connectivity index (χ4n) is 1.73. The SMILES string of the molecule is C=C(Cl)CN(CCC(C)(C)O)S(=O)(=O)c1ccc(C)cc1. The summed E-state index contributed by atoms with van der Waals surface area (Å²) in [6.07, 6.45) is 0.308. The Kier molecular flexibility index (Phi) is 5.99. The van der Waals surface area contributed by atoms with Crippen LogP contribution in [0.5, 0.6) is 0 Å². The van der Waals surface area contributed by atoms with E-state index in [1.54, 1.807) is 38.1 Å². The molecule has 0 radical (unpaired) electrons. The molecule has 0 saturated carbocycles. The van der Waals surface area contributed by atoms with Gasteiger partial charge >= 0.3 is 0 Å². The van der Waals surface area contributed by atoms with E-state index in [0.717, 1.165) is 5.56 Å². The Morgan fingerprint density at radius 2 is 1.86 bits per heavy atom. The molecular weight excluding hydrogens is 310 g/mol. The molecule has 1 N–H and O–H groups in total. The first kappa shape index (κ1) is 18.2. The molecule has 118 valence electrons. The molecule has 0 bridgehead atoms. The molecule has 0 heterocycles. The van der Waals surface area contributed by atoms with Crippen LogP contribution in [0.1, 0.15) is 25.8 Å². The van der Waals surface area contributed by atoms with Crippen molar-refractivity contribution in [1.82, 2.24) is 4.31 Å². The van der Waals surface area contributed by atoms with Crippen molar-refractivity contribution in [1.29, 1.82) is 0 Å². The van der Waals surface area contributed by atoms with Crippen molar-refractivity contribution in [2.45, 2.75) is 37.7 Å². The molecule has 1 aromatic rings. The van der Waals surface area contributed by atoms with Gasteiger partial charge in [0.2, 0.25) is 10.0 Å². The van der Waals surface area contributed by atoms with Gasteiger partial charge in [0.25, 0.3) is 0 Å². The van der Waals surface area contributed by atoms with E-state index >= 15 is 0 Å². The summed E-state index contributed by atoms with van der Waals surface area (Å²) in [5.41, 5.74) is 0.0352. The van der Waals surface area contributed by atoms with E-state index in [1.807, 2.05) is 6.92 Å². The van der Waals surface area contributed by atoms with Crippen molar-refractivity contribution in [3.8, 4) is 0 Å². The average Bonchev–Trinajstić information content (AvgIpc) is 2.33. The summed E-state index contributed by atoms with van der Waals surface area (Å²) in [6.45, 7) is 8.92. The third-order valence-corrected chi connectivity index (χ3v) is 4.96. The van der Waals surface area contributed by atoms with Crippen molar-refractivity contribution < 1.29 is 13.5 Å². The molecule has 0 amide bonds. The minimum Gasteiger partial charge on any atom is -0.390 e. The number of hydrogen-bond acceptors (Lipinski definition) is 3. The standard InChI is InChI=1S/C15H22ClNO3S/c1-12-5-7-14(8-6-12)21(19,20)17(11-13(2)16)10-9-15(3,4)18/h5-8,18H,2,9-11H2,1,3-4H3. The fourth-order valence-corrected chi connectivity index (χ4v) is 3.38.